The molecule has 6 heteroatoms. The molecular formula is C14H25N3O3. The molecule has 2 amide bonds. The van der Waals surface area contributed by atoms with Crippen molar-refractivity contribution in [3.05, 3.63) is 0 Å². The Morgan fingerprint density at radius 3 is 2.75 bits per heavy atom. The van der Waals surface area contributed by atoms with Gasteiger partial charge < -0.3 is 21.1 Å². The molecular weight excluding hydrogens is 258 g/mol. The molecule has 2 aliphatic rings. The standard InChI is InChI=1S/C14H25N3O3/c1-4-20-10-7-14(15,13(10,2)3)12(19)16-8-9-5-6-11(18)17-9/h9-10H,4-8,15H2,1-3H3,(H,16,19)(H,17,18). The highest BCUT2D eigenvalue weighted by molar-refractivity contribution is 5.89. The number of carbonyl (C=O) groups excluding carboxylic acids is 2. The Morgan fingerprint density at radius 1 is 1.55 bits per heavy atom. The summed E-state index contributed by atoms with van der Waals surface area (Å²) in [5.74, 6) is -0.105. The summed E-state index contributed by atoms with van der Waals surface area (Å²) in [5.41, 5.74) is 5.00. The van der Waals surface area contributed by atoms with Crippen molar-refractivity contribution >= 4 is 11.8 Å². The van der Waals surface area contributed by atoms with E-state index in [1.54, 1.807) is 0 Å². The summed E-state index contributed by atoms with van der Waals surface area (Å²) in [6, 6.07) is 0.0286. The fourth-order valence-electron chi connectivity index (χ4n) is 3.02. The Bertz CT molecular complexity index is 410. The van der Waals surface area contributed by atoms with E-state index >= 15 is 0 Å². The van der Waals surface area contributed by atoms with E-state index in [9.17, 15) is 9.59 Å². The number of nitrogens with two attached hydrogens (primary N) is 1. The molecule has 3 unspecified atom stereocenters. The van der Waals surface area contributed by atoms with E-state index in [2.05, 4.69) is 10.6 Å². The molecule has 3 atom stereocenters. The van der Waals surface area contributed by atoms with Crippen molar-refractivity contribution in [1.29, 1.82) is 0 Å². The second-order valence-electron chi connectivity index (χ2n) is 6.35. The quantitative estimate of drug-likeness (QED) is 0.657. The van der Waals surface area contributed by atoms with Crippen LogP contribution in [0.25, 0.3) is 0 Å². The monoisotopic (exact) mass is 283 g/mol. The van der Waals surface area contributed by atoms with Gasteiger partial charge in [0.1, 0.15) is 5.54 Å². The minimum atomic E-state index is -0.893. The largest absolute Gasteiger partial charge is 0.378 e. The van der Waals surface area contributed by atoms with Gasteiger partial charge in [-0.2, -0.15) is 0 Å². The molecule has 0 radical (unpaired) electrons. The van der Waals surface area contributed by atoms with Gasteiger partial charge in [0.15, 0.2) is 0 Å². The maximum atomic E-state index is 12.3. The Balaban J connectivity index is 1.87. The van der Waals surface area contributed by atoms with Crippen molar-refractivity contribution in [3.63, 3.8) is 0 Å². The molecule has 1 saturated heterocycles. The first-order valence-corrected chi connectivity index (χ1v) is 7.29. The van der Waals surface area contributed by atoms with Gasteiger partial charge in [-0.1, -0.05) is 13.8 Å². The molecule has 114 valence electrons. The zero-order valence-corrected chi connectivity index (χ0v) is 12.5. The number of nitrogens with one attached hydrogen (secondary N) is 2. The SMILES string of the molecule is CCOC1CC(N)(C(=O)NCC2CCC(=O)N2)C1(C)C. The zero-order valence-electron chi connectivity index (χ0n) is 12.5. The van der Waals surface area contributed by atoms with Crippen LogP contribution in [0.2, 0.25) is 0 Å². The molecule has 0 aromatic heterocycles. The van der Waals surface area contributed by atoms with Crippen LogP contribution in [0, 0.1) is 5.41 Å². The van der Waals surface area contributed by atoms with E-state index < -0.39 is 5.54 Å². The van der Waals surface area contributed by atoms with Gasteiger partial charge in [0.25, 0.3) is 0 Å². The first-order chi connectivity index (χ1) is 9.31. The van der Waals surface area contributed by atoms with E-state index in [1.165, 1.54) is 0 Å². The number of hydrogen-bond donors (Lipinski definition) is 3. The van der Waals surface area contributed by atoms with Crippen LogP contribution < -0.4 is 16.4 Å². The molecule has 0 aromatic rings. The van der Waals surface area contributed by atoms with Crippen LogP contribution >= 0.6 is 0 Å². The van der Waals surface area contributed by atoms with Gasteiger partial charge in [0.05, 0.1) is 6.10 Å². The zero-order chi connectivity index (χ0) is 15.0. The third-order valence-electron chi connectivity index (χ3n) is 4.83. The van der Waals surface area contributed by atoms with Gasteiger partial charge in [-0.25, -0.2) is 0 Å². The Kier molecular flexibility index (Phi) is 4.07. The molecule has 4 N–H and O–H groups in total. The molecule has 1 aliphatic heterocycles. The van der Waals surface area contributed by atoms with E-state index in [0.717, 1.165) is 6.42 Å². The number of amides is 2. The summed E-state index contributed by atoms with van der Waals surface area (Å²) < 4.78 is 5.61. The average Bonchev–Trinajstić information content (AvgIpc) is 2.81. The van der Waals surface area contributed by atoms with Crippen molar-refractivity contribution in [2.24, 2.45) is 11.1 Å². The lowest BCUT2D eigenvalue weighted by Crippen LogP contribution is -2.76. The third kappa shape index (κ3) is 2.42. The molecule has 1 heterocycles. The lowest BCUT2D eigenvalue weighted by Gasteiger charge is -2.57. The highest BCUT2D eigenvalue weighted by Gasteiger charge is 2.62. The molecule has 2 fully saturated rings. The van der Waals surface area contributed by atoms with Gasteiger partial charge in [0.2, 0.25) is 11.8 Å². The molecule has 2 rings (SSSR count). The lowest BCUT2D eigenvalue weighted by molar-refractivity contribution is -0.170. The van der Waals surface area contributed by atoms with Crippen molar-refractivity contribution in [2.75, 3.05) is 13.2 Å². The fourth-order valence-corrected chi connectivity index (χ4v) is 3.02. The molecule has 1 saturated carbocycles. The minimum Gasteiger partial charge on any atom is -0.378 e. The van der Waals surface area contributed by atoms with Gasteiger partial charge in [-0.05, 0) is 13.3 Å². The van der Waals surface area contributed by atoms with Crippen LogP contribution in [0.1, 0.15) is 40.0 Å². The number of carbonyl (C=O) groups is 2. The summed E-state index contributed by atoms with van der Waals surface area (Å²) in [6.07, 6.45) is 1.86. The molecule has 0 bridgehead atoms. The summed E-state index contributed by atoms with van der Waals surface area (Å²) in [7, 11) is 0. The lowest BCUT2D eigenvalue weighted by atomic mass is 9.54. The number of hydrogen-bond acceptors (Lipinski definition) is 4. The van der Waals surface area contributed by atoms with E-state index in [4.69, 9.17) is 10.5 Å². The predicted octanol–water partition coefficient (Wildman–Crippen LogP) is -0.0863. The Morgan fingerprint density at radius 2 is 2.25 bits per heavy atom. The Hall–Kier alpha value is -1.14. The van der Waals surface area contributed by atoms with E-state index in [-0.39, 0.29) is 29.4 Å². The minimum absolute atomic E-state index is 0.0226. The van der Waals surface area contributed by atoms with Crippen molar-refractivity contribution in [2.45, 2.75) is 57.7 Å². The molecule has 20 heavy (non-hydrogen) atoms. The fraction of sp³-hybridized carbons (Fsp3) is 0.857. The summed E-state index contributed by atoms with van der Waals surface area (Å²) >= 11 is 0. The van der Waals surface area contributed by atoms with Crippen LogP contribution in [0.3, 0.4) is 0 Å². The first-order valence-electron chi connectivity index (χ1n) is 7.29. The molecule has 1 aliphatic carbocycles. The van der Waals surface area contributed by atoms with Gasteiger partial charge >= 0.3 is 0 Å². The second-order valence-corrected chi connectivity index (χ2v) is 6.35. The van der Waals surface area contributed by atoms with Crippen LogP contribution in [0.5, 0.6) is 0 Å². The Labute approximate surface area is 119 Å². The number of ether oxygens (including phenoxy) is 1. The maximum absolute atomic E-state index is 12.3. The second kappa shape index (κ2) is 5.33. The highest BCUT2D eigenvalue weighted by Crippen LogP contribution is 2.49. The van der Waals surface area contributed by atoms with Gasteiger partial charge in [0, 0.05) is 37.5 Å². The van der Waals surface area contributed by atoms with Crippen molar-refractivity contribution in [3.8, 4) is 0 Å². The van der Waals surface area contributed by atoms with E-state index in [1.807, 2.05) is 20.8 Å². The maximum Gasteiger partial charge on any atom is 0.240 e. The van der Waals surface area contributed by atoms with Crippen LogP contribution in [-0.2, 0) is 14.3 Å². The summed E-state index contributed by atoms with van der Waals surface area (Å²) in [6.45, 7) is 6.94. The molecule has 0 spiro atoms. The van der Waals surface area contributed by atoms with Crippen LogP contribution in [0.15, 0.2) is 0 Å². The van der Waals surface area contributed by atoms with Crippen molar-refractivity contribution < 1.29 is 14.3 Å². The van der Waals surface area contributed by atoms with Crippen LogP contribution in [-0.4, -0.2) is 42.7 Å². The number of rotatable bonds is 5. The van der Waals surface area contributed by atoms with Gasteiger partial charge in [-0.3, -0.25) is 9.59 Å². The highest BCUT2D eigenvalue weighted by atomic mass is 16.5. The topological polar surface area (TPSA) is 93.4 Å². The smallest absolute Gasteiger partial charge is 0.240 e. The predicted molar refractivity (Wildman–Crippen MR) is 74.9 cm³/mol. The van der Waals surface area contributed by atoms with Gasteiger partial charge in [-0.15, -0.1) is 0 Å². The third-order valence-corrected chi connectivity index (χ3v) is 4.83. The molecule has 0 aromatic carbocycles. The van der Waals surface area contributed by atoms with Crippen molar-refractivity contribution in [1.82, 2.24) is 10.6 Å². The molecule has 6 nitrogen and oxygen atoms in total. The summed E-state index contributed by atoms with van der Waals surface area (Å²) in [4.78, 5) is 23.5. The average molecular weight is 283 g/mol. The first kappa shape index (κ1) is 15.3. The summed E-state index contributed by atoms with van der Waals surface area (Å²) in [5, 5.41) is 5.70. The normalized spacial score (nSPS) is 35.3. The van der Waals surface area contributed by atoms with Crippen LogP contribution in [0.4, 0.5) is 0 Å². The van der Waals surface area contributed by atoms with E-state index in [0.29, 0.717) is 26.0 Å².